The van der Waals surface area contributed by atoms with Crippen LogP contribution in [0.5, 0.6) is 0 Å². The average molecular weight is 313 g/mol. The highest BCUT2D eigenvalue weighted by atomic mass is 16.3. The normalized spacial score (nSPS) is 17.9. The predicted octanol–water partition coefficient (Wildman–Crippen LogP) is 1.15. The highest BCUT2D eigenvalue weighted by molar-refractivity contribution is 5.57. The van der Waals surface area contributed by atoms with Crippen LogP contribution in [0, 0.1) is 0 Å². The highest BCUT2D eigenvalue weighted by Gasteiger charge is 2.18. The van der Waals surface area contributed by atoms with Crippen molar-refractivity contribution in [3.05, 3.63) is 24.5 Å². The van der Waals surface area contributed by atoms with Gasteiger partial charge in [0.1, 0.15) is 11.6 Å². The standard InChI is InChI=1S/C15H19N7O/c1-21(9-10-4-2-6-17-10)13-8-12(16)22-15(18-13)19-14(20-22)11-5-3-7-23-11/h3,5,7-8,10,17H,2,4,6,9,16H2,1H3. The molecule has 120 valence electrons. The van der Waals surface area contributed by atoms with Gasteiger partial charge in [-0.25, -0.2) is 0 Å². The van der Waals surface area contributed by atoms with Crippen LogP contribution >= 0.6 is 0 Å². The largest absolute Gasteiger partial charge is 0.461 e. The molecule has 0 aliphatic carbocycles. The third-order valence-electron chi connectivity index (χ3n) is 4.12. The van der Waals surface area contributed by atoms with Crippen LogP contribution in [0.3, 0.4) is 0 Å². The summed E-state index contributed by atoms with van der Waals surface area (Å²) in [6.07, 6.45) is 4.01. The first-order valence-corrected chi connectivity index (χ1v) is 7.72. The molecule has 0 bridgehead atoms. The van der Waals surface area contributed by atoms with Crippen molar-refractivity contribution in [2.24, 2.45) is 0 Å². The van der Waals surface area contributed by atoms with Gasteiger partial charge in [-0.2, -0.15) is 14.5 Å². The fourth-order valence-electron chi connectivity index (χ4n) is 2.92. The summed E-state index contributed by atoms with van der Waals surface area (Å²) in [7, 11) is 2.02. The van der Waals surface area contributed by atoms with E-state index >= 15 is 0 Å². The maximum absolute atomic E-state index is 6.12. The van der Waals surface area contributed by atoms with Gasteiger partial charge in [0.15, 0.2) is 5.76 Å². The number of hydrogen-bond acceptors (Lipinski definition) is 7. The van der Waals surface area contributed by atoms with E-state index in [9.17, 15) is 0 Å². The van der Waals surface area contributed by atoms with Gasteiger partial charge in [-0.3, -0.25) is 0 Å². The number of nitrogen functional groups attached to an aromatic ring is 1. The summed E-state index contributed by atoms with van der Waals surface area (Å²) in [5, 5.41) is 7.84. The SMILES string of the molecule is CN(CC1CCCN1)c1cc(N)n2nc(-c3ccco3)nc2n1. The zero-order valence-corrected chi connectivity index (χ0v) is 12.9. The molecule has 3 aromatic rings. The maximum atomic E-state index is 6.12. The Labute approximate surface area is 133 Å². The molecule has 0 radical (unpaired) electrons. The van der Waals surface area contributed by atoms with Crippen LogP contribution in [0.15, 0.2) is 28.9 Å². The monoisotopic (exact) mass is 313 g/mol. The van der Waals surface area contributed by atoms with Gasteiger partial charge in [0.25, 0.3) is 5.78 Å². The number of nitrogens with two attached hydrogens (primary N) is 1. The molecule has 1 unspecified atom stereocenters. The van der Waals surface area contributed by atoms with E-state index in [4.69, 9.17) is 10.2 Å². The Bertz CT molecular complexity index is 805. The summed E-state index contributed by atoms with van der Waals surface area (Å²) in [5.41, 5.74) is 6.12. The van der Waals surface area contributed by atoms with Crippen LogP contribution in [-0.4, -0.2) is 45.8 Å². The molecule has 1 saturated heterocycles. The highest BCUT2D eigenvalue weighted by Crippen LogP contribution is 2.21. The smallest absolute Gasteiger partial charge is 0.256 e. The second-order valence-electron chi connectivity index (χ2n) is 5.84. The summed E-state index contributed by atoms with van der Waals surface area (Å²) >= 11 is 0. The number of likely N-dealkylation sites (N-methyl/N-ethyl adjacent to an activating group) is 1. The Balaban J connectivity index is 1.65. The molecule has 0 amide bonds. The Kier molecular flexibility index (Phi) is 3.38. The first kappa shape index (κ1) is 14.0. The Hall–Kier alpha value is -2.61. The molecule has 1 fully saturated rings. The zero-order valence-electron chi connectivity index (χ0n) is 12.9. The van der Waals surface area contributed by atoms with E-state index in [0.717, 1.165) is 18.9 Å². The lowest BCUT2D eigenvalue weighted by Crippen LogP contribution is -2.35. The lowest BCUT2D eigenvalue weighted by atomic mass is 10.2. The number of nitrogens with zero attached hydrogens (tertiary/aromatic N) is 5. The average Bonchev–Trinajstić information content (AvgIpc) is 3.27. The molecule has 0 saturated carbocycles. The van der Waals surface area contributed by atoms with Gasteiger partial charge in [-0.15, -0.1) is 5.10 Å². The second kappa shape index (κ2) is 5.54. The van der Waals surface area contributed by atoms with Crippen LogP contribution in [0.2, 0.25) is 0 Å². The van der Waals surface area contributed by atoms with Crippen molar-refractivity contribution in [3.63, 3.8) is 0 Å². The third-order valence-corrected chi connectivity index (χ3v) is 4.12. The quantitative estimate of drug-likeness (QED) is 0.745. The van der Waals surface area contributed by atoms with Gasteiger partial charge >= 0.3 is 0 Å². The van der Waals surface area contributed by atoms with Crippen LogP contribution in [0.4, 0.5) is 11.6 Å². The summed E-state index contributed by atoms with van der Waals surface area (Å²) in [6, 6.07) is 5.92. The molecular formula is C15H19N7O. The van der Waals surface area contributed by atoms with E-state index in [1.807, 2.05) is 19.2 Å². The third kappa shape index (κ3) is 2.61. The van der Waals surface area contributed by atoms with Crippen LogP contribution in [0.1, 0.15) is 12.8 Å². The number of aromatic nitrogens is 4. The van der Waals surface area contributed by atoms with Gasteiger partial charge in [0.05, 0.1) is 6.26 Å². The molecule has 8 nitrogen and oxygen atoms in total. The molecule has 4 heterocycles. The maximum Gasteiger partial charge on any atom is 0.256 e. The Morgan fingerprint density at radius 3 is 3.13 bits per heavy atom. The lowest BCUT2D eigenvalue weighted by molar-refractivity contribution is 0.577. The van der Waals surface area contributed by atoms with Crippen molar-refractivity contribution in [1.82, 2.24) is 24.9 Å². The van der Waals surface area contributed by atoms with E-state index in [1.165, 1.54) is 17.4 Å². The fraction of sp³-hybridized carbons (Fsp3) is 0.400. The van der Waals surface area contributed by atoms with Crippen molar-refractivity contribution in [2.45, 2.75) is 18.9 Å². The minimum Gasteiger partial charge on any atom is -0.461 e. The van der Waals surface area contributed by atoms with E-state index in [1.54, 1.807) is 12.3 Å². The minimum atomic E-state index is 0.470. The van der Waals surface area contributed by atoms with E-state index in [-0.39, 0.29) is 0 Å². The van der Waals surface area contributed by atoms with Gasteiger partial charge in [-0.1, -0.05) is 0 Å². The van der Waals surface area contributed by atoms with Gasteiger partial charge in [0.2, 0.25) is 5.82 Å². The zero-order chi connectivity index (χ0) is 15.8. The Morgan fingerprint density at radius 1 is 1.48 bits per heavy atom. The summed E-state index contributed by atoms with van der Waals surface area (Å²) in [4.78, 5) is 11.1. The van der Waals surface area contributed by atoms with Crippen LogP contribution in [0.25, 0.3) is 17.4 Å². The molecule has 1 aliphatic heterocycles. The summed E-state index contributed by atoms with van der Waals surface area (Å²) in [5.74, 6) is 2.84. The van der Waals surface area contributed by atoms with Gasteiger partial charge < -0.3 is 20.4 Å². The molecule has 0 spiro atoms. The molecule has 4 rings (SSSR count). The van der Waals surface area contributed by atoms with Crippen molar-refractivity contribution in [1.29, 1.82) is 0 Å². The molecule has 1 atom stereocenters. The number of furan rings is 1. The summed E-state index contributed by atoms with van der Waals surface area (Å²) in [6.45, 7) is 1.98. The van der Waals surface area contributed by atoms with Crippen molar-refractivity contribution >= 4 is 17.4 Å². The molecule has 3 aromatic heterocycles. The molecule has 0 aromatic carbocycles. The van der Waals surface area contributed by atoms with Crippen molar-refractivity contribution < 1.29 is 4.42 Å². The molecule has 8 heteroatoms. The van der Waals surface area contributed by atoms with E-state index in [0.29, 0.717) is 29.2 Å². The van der Waals surface area contributed by atoms with E-state index in [2.05, 4.69) is 25.3 Å². The molecular weight excluding hydrogens is 294 g/mol. The molecule has 23 heavy (non-hydrogen) atoms. The number of nitrogens with one attached hydrogen (secondary N) is 1. The number of rotatable bonds is 4. The number of anilines is 2. The van der Waals surface area contributed by atoms with Gasteiger partial charge in [0, 0.05) is 25.7 Å². The van der Waals surface area contributed by atoms with Crippen molar-refractivity contribution in [2.75, 3.05) is 30.8 Å². The first-order chi connectivity index (χ1) is 11.2. The predicted molar refractivity (Wildman–Crippen MR) is 87.2 cm³/mol. The van der Waals surface area contributed by atoms with E-state index < -0.39 is 0 Å². The van der Waals surface area contributed by atoms with Crippen molar-refractivity contribution in [3.8, 4) is 11.6 Å². The summed E-state index contributed by atoms with van der Waals surface area (Å²) < 4.78 is 6.86. The minimum absolute atomic E-state index is 0.470. The molecule has 3 N–H and O–H groups in total. The van der Waals surface area contributed by atoms with Gasteiger partial charge in [-0.05, 0) is 31.5 Å². The Morgan fingerprint density at radius 2 is 2.39 bits per heavy atom. The fourth-order valence-corrected chi connectivity index (χ4v) is 2.92. The topological polar surface area (TPSA) is 97.5 Å². The molecule has 1 aliphatic rings. The van der Waals surface area contributed by atoms with Crippen LogP contribution in [-0.2, 0) is 0 Å². The first-order valence-electron chi connectivity index (χ1n) is 7.72. The van der Waals surface area contributed by atoms with Crippen LogP contribution < -0.4 is 16.0 Å². The second-order valence-corrected chi connectivity index (χ2v) is 5.84. The number of fused-ring (bicyclic) bond motifs is 1. The lowest BCUT2D eigenvalue weighted by Gasteiger charge is -2.22. The number of hydrogen-bond donors (Lipinski definition) is 2.